The molecular formula is C20H23F3N4O2. The predicted molar refractivity (Wildman–Crippen MR) is 98.1 cm³/mol. The number of carbonyl (C=O) groups excluding carboxylic acids is 1. The fourth-order valence-corrected chi connectivity index (χ4v) is 3.99. The summed E-state index contributed by atoms with van der Waals surface area (Å²) in [5.41, 5.74) is 1.22. The van der Waals surface area contributed by atoms with Crippen LogP contribution in [0.3, 0.4) is 0 Å². The number of nitrogens with zero attached hydrogens (tertiary/aromatic N) is 3. The average molecular weight is 408 g/mol. The monoisotopic (exact) mass is 408 g/mol. The van der Waals surface area contributed by atoms with E-state index >= 15 is 0 Å². The zero-order chi connectivity index (χ0) is 20.4. The van der Waals surface area contributed by atoms with Gasteiger partial charge in [0.25, 0.3) is 0 Å². The van der Waals surface area contributed by atoms with Gasteiger partial charge in [-0.2, -0.15) is 13.2 Å². The van der Waals surface area contributed by atoms with Gasteiger partial charge < -0.3 is 14.6 Å². The molecule has 2 aliphatic heterocycles. The Morgan fingerprint density at radius 1 is 1.17 bits per heavy atom. The number of hydrogen-bond acceptors (Lipinski definition) is 5. The summed E-state index contributed by atoms with van der Waals surface area (Å²) >= 11 is 0. The van der Waals surface area contributed by atoms with E-state index in [1.807, 2.05) is 18.2 Å². The van der Waals surface area contributed by atoms with Crippen molar-refractivity contribution in [2.24, 2.45) is 0 Å². The summed E-state index contributed by atoms with van der Waals surface area (Å²) < 4.78 is 42.7. The highest BCUT2D eigenvalue weighted by Crippen LogP contribution is 2.38. The molecule has 2 aromatic rings. The van der Waals surface area contributed by atoms with Gasteiger partial charge in [0.05, 0.1) is 18.4 Å². The molecule has 1 aromatic heterocycles. The van der Waals surface area contributed by atoms with E-state index in [4.69, 9.17) is 4.42 Å². The second-order valence-electron chi connectivity index (χ2n) is 7.68. The maximum Gasteiger partial charge on any atom is 0.389 e. The van der Waals surface area contributed by atoms with E-state index in [1.165, 1.54) is 10.5 Å². The van der Waals surface area contributed by atoms with Gasteiger partial charge in [-0.05, 0) is 24.9 Å². The lowest BCUT2D eigenvalue weighted by molar-refractivity contribution is -0.151. The van der Waals surface area contributed by atoms with Crippen LogP contribution in [0.25, 0.3) is 0 Å². The van der Waals surface area contributed by atoms with Crippen molar-refractivity contribution in [3.8, 4) is 0 Å². The van der Waals surface area contributed by atoms with E-state index < -0.39 is 24.9 Å². The Morgan fingerprint density at radius 2 is 1.90 bits per heavy atom. The zero-order valence-electron chi connectivity index (χ0n) is 15.9. The van der Waals surface area contributed by atoms with Crippen LogP contribution in [0.15, 0.2) is 34.7 Å². The average Bonchev–Trinajstić information content (AvgIpc) is 3.15. The minimum Gasteiger partial charge on any atom is -0.423 e. The van der Waals surface area contributed by atoms with Gasteiger partial charge in [0, 0.05) is 25.4 Å². The standard InChI is InChI=1S/C20H23F3N4O2/c21-20(22,23)9-8-16(28)27-11-14(12-27)18-25-26-19(29-18)17-15(7-4-10-24-17)13-5-2-1-3-6-13/h1-3,5-6,14-15,17,24H,4,7-12H2/t15-,17-/m0/s1. The van der Waals surface area contributed by atoms with Crippen LogP contribution >= 0.6 is 0 Å². The Kier molecular flexibility index (Phi) is 5.58. The number of amides is 1. The van der Waals surface area contributed by atoms with Gasteiger partial charge >= 0.3 is 6.18 Å². The van der Waals surface area contributed by atoms with Gasteiger partial charge in [-0.1, -0.05) is 30.3 Å². The molecule has 0 spiro atoms. The Morgan fingerprint density at radius 3 is 2.62 bits per heavy atom. The number of aromatic nitrogens is 2. The molecule has 0 radical (unpaired) electrons. The molecule has 6 nitrogen and oxygen atoms in total. The van der Waals surface area contributed by atoms with E-state index in [9.17, 15) is 18.0 Å². The summed E-state index contributed by atoms with van der Waals surface area (Å²) in [6, 6.07) is 10.1. The first-order valence-electron chi connectivity index (χ1n) is 9.87. The van der Waals surface area contributed by atoms with Crippen LogP contribution in [0.1, 0.15) is 60.9 Å². The van der Waals surface area contributed by atoms with Gasteiger partial charge in [-0.3, -0.25) is 4.79 Å². The molecule has 0 saturated carbocycles. The molecule has 4 rings (SSSR count). The Balaban J connectivity index is 1.37. The minimum atomic E-state index is -4.32. The summed E-state index contributed by atoms with van der Waals surface area (Å²) in [4.78, 5) is 13.3. The smallest absolute Gasteiger partial charge is 0.389 e. The first kappa shape index (κ1) is 19.9. The Labute approximate surface area is 166 Å². The molecule has 156 valence electrons. The molecule has 2 fully saturated rings. The van der Waals surface area contributed by atoms with Crippen molar-refractivity contribution in [1.82, 2.24) is 20.4 Å². The van der Waals surface area contributed by atoms with Crippen molar-refractivity contribution in [1.29, 1.82) is 0 Å². The van der Waals surface area contributed by atoms with Gasteiger partial charge in [-0.25, -0.2) is 0 Å². The minimum absolute atomic E-state index is 0.0722. The van der Waals surface area contributed by atoms with Crippen LogP contribution in [0.5, 0.6) is 0 Å². The predicted octanol–water partition coefficient (Wildman–Crippen LogP) is 3.55. The molecule has 2 saturated heterocycles. The second-order valence-corrected chi connectivity index (χ2v) is 7.68. The lowest BCUT2D eigenvalue weighted by Crippen LogP contribution is -2.48. The molecular weight excluding hydrogens is 385 g/mol. The first-order chi connectivity index (χ1) is 13.9. The molecule has 2 atom stereocenters. The molecule has 9 heteroatoms. The molecule has 1 amide bonds. The van der Waals surface area contributed by atoms with Crippen LogP contribution in [0.2, 0.25) is 0 Å². The highest BCUT2D eigenvalue weighted by atomic mass is 19.4. The maximum atomic E-state index is 12.3. The summed E-state index contributed by atoms with van der Waals surface area (Å²) in [6.07, 6.45) is -3.84. The van der Waals surface area contributed by atoms with Crippen LogP contribution in [-0.2, 0) is 4.79 Å². The number of alkyl halides is 3. The van der Waals surface area contributed by atoms with Crippen LogP contribution in [0.4, 0.5) is 13.2 Å². The number of benzene rings is 1. The Bertz CT molecular complexity index is 834. The lowest BCUT2D eigenvalue weighted by atomic mass is 9.85. The van der Waals surface area contributed by atoms with Crippen molar-refractivity contribution in [3.63, 3.8) is 0 Å². The number of likely N-dealkylation sites (tertiary alicyclic amines) is 1. The molecule has 0 aliphatic carbocycles. The largest absolute Gasteiger partial charge is 0.423 e. The molecule has 1 N–H and O–H groups in total. The molecule has 3 heterocycles. The maximum absolute atomic E-state index is 12.3. The van der Waals surface area contributed by atoms with E-state index in [2.05, 4.69) is 27.6 Å². The van der Waals surface area contributed by atoms with Crippen molar-refractivity contribution < 1.29 is 22.4 Å². The van der Waals surface area contributed by atoms with Gasteiger partial charge in [0.1, 0.15) is 0 Å². The van der Waals surface area contributed by atoms with Crippen molar-refractivity contribution in [2.45, 2.75) is 49.7 Å². The van der Waals surface area contributed by atoms with E-state index in [1.54, 1.807) is 0 Å². The van der Waals surface area contributed by atoms with E-state index in [-0.39, 0.29) is 17.9 Å². The quantitative estimate of drug-likeness (QED) is 0.819. The molecule has 0 unspecified atom stereocenters. The van der Waals surface area contributed by atoms with Gasteiger partial charge in [-0.15, -0.1) is 10.2 Å². The molecule has 2 aliphatic rings. The highest BCUT2D eigenvalue weighted by Gasteiger charge is 2.38. The number of halogens is 3. The summed E-state index contributed by atoms with van der Waals surface area (Å²) in [5, 5.41) is 11.8. The third-order valence-electron chi connectivity index (χ3n) is 5.61. The molecule has 0 bridgehead atoms. The lowest BCUT2D eigenvalue weighted by Gasteiger charge is -2.37. The second kappa shape index (κ2) is 8.14. The fraction of sp³-hybridized carbons (Fsp3) is 0.550. The van der Waals surface area contributed by atoms with Crippen LogP contribution in [0, 0.1) is 0 Å². The van der Waals surface area contributed by atoms with Crippen LogP contribution < -0.4 is 5.32 Å². The molecule has 29 heavy (non-hydrogen) atoms. The number of piperidine rings is 1. The first-order valence-corrected chi connectivity index (χ1v) is 9.87. The summed E-state index contributed by atoms with van der Waals surface area (Å²) in [7, 11) is 0. The zero-order valence-corrected chi connectivity index (χ0v) is 15.9. The SMILES string of the molecule is O=C(CCC(F)(F)F)N1CC(c2nnc([C@H]3NCCC[C@H]3c3ccccc3)o2)C1. The van der Waals surface area contributed by atoms with Gasteiger partial charge in [0.15, 0.2) is 0 Å². The van der Waals surface area contributed by atoms with E-state index in [0.29, 0.717) is 24.9 Å². The fourth-order valence-electron chi connectivity index (χ4n) is 3.99. The number of nitrogens with one attached hydrogen (secondary N) is 1. The van der Waals surface area contributed by atoms with E-state index in [0.717, 1.165) is 19.4 Å². The molecule has 1 aromatic carbocycles. The number of rotatable bonds is 5. The van der Waals surface area contributed by atoms with Crippen molar-refractivity contribution in [2.75, 3.05) is 19.6 Å². The summed E-state index contributed by atoms with van der Waals surface area (Å²) in [6.45, 7) is 1.51. The highest BCUT2D eigenvalue weighted by molar-refractivity contribution is 5.77. The topological polar surface area (TPSA) is 71.3 Å². The Hall–Kier alpha value is -2.42. The van der Waals surface area contributed by atoms with Crippen molar-refractivity contribution in [3.05, 3.63) is 47.7 Å². The third-order valence-corrected chi connectivity index (χ3v) is 5.61. The van der Waals surface area contributed by atoms with Crippen molar-refractivity contribution >= 4 is 5.91 Å². The third kappa shape index (κ3) is 4.60. The normalized spacial score (nSPS) is 23.1. The number of hydrogen-bond donors (Lipinski definition) is 1. The summed E-state index contributed by atoms with van der Waals surface area (Å²) in [5.74, 6) is 0.593. The van der Waals surface area contributed by atoms with Gasteiger partial charge in [0.2, 0.25) is 17.7 Å². The van der Waals surface area contributed by atoms with Crippen LogP contribution in [-0.4, -0.2) is 46.8 Å². The number of carbonyl (C=O) groups is 1.